The second kappa shape index (κ2) is 11.7. The number of anilines is 1. The molecule has 0 saturated carbocycles. The zero-order chi connectivity index (χ0) is 23.6. The average molecular weight is 445 g/mol. The molecular weight excluding hydrogens is 419 g/mol. The predicted octanol–water partition coefficient (Wildman–Crippen LogP) is 5.93. The highest BCUT2D eigenvalue weighted by molar-refractivity contribution is 6.31. The summed E-state index contributed by atoms with van der Waals surface area (Å²) in [5, 5.41) is 12.0. The fourth-order valence-corrected chi connectivity index (χ4v) is 2.80. The van der Waals surface area contributed by atoms with Gasteiger partial charge in [-0.05, 0) is 23.8 Å². The number of allylic oxidation sites excluding steroid dienone is 1. The molecule has 0 amide bonds. The molecule has 0 spiro atoms. The van der Waals surface area contributed by atoms with Crippen LogP contribution in [0.15, 0.2) is 76.0 Å². The fraction of sp³-hybridized carbons (Fsp3) is 0.261. The first-order valence-electron chi connectivity index (χ1n) is 10.0. The van der Waals surface area contributed by atoms with Crippen molar-refractivity contribution in [2.75, 3.05) is 19.1 Å². The summed E-state index contributed by atoms with van der Waals surface area (Å²) in [6.07, 6.45) is 2.77. The summed E-state index contributed by atoms with van der Waals surface area (Å²) in [7, 11) is 3.41. The van der Waals surface area contributed by atoms with Crippen LogP contribution < -0.4 is 9.75 Å². The average Bonchev–Trinajstić information content (AvgIpc) is 2.79. The molecule has 0 unspecified atom stereocenters. The van der Waals surface area contributed by atoms with Crippen molar-refractivity contribution in [2.24, 2.45) is 15.2 Å². The van der Waals surface area contributed by atoms with E-state index in [9.17, 15) is 13.2 Å². The predicted molar refractivity (Wildman–Crippen MR) is 124 cm³/mol. The monoisotopic (exact) mass is 445 g/mol. The van der Waals surface area contributed by atoms with Crippen molar-refractivity contribution >= 4 is 24.0 Å². The number of halogens is 3. The van der Waals surface area contributed by atoms with Gasteiger partial charge in [0, 0.05) is 32.3 Å². The molecule has 2 aromatic carbocycles. The first-order valence-corrected chi connectivity index (χ1v) is 10.0. The number of alkyl halides is 3. The molecule has 0 saturated heterocycles. The van der Waals surface area contributed by atoms with Crippen LogP contribution in [0.1, 0.15) is 20.3 Å². The van der Waals surface area contributed by atoms with E-state index in [2.05, 4.69) is 19.9 Å². The van der Waals surface area contributed by atoms with Crippen molar-refractivity contribution in [2.45, 2.75) is 26.6 Å². The highest BCUT2D eigenvalue weighted by Gasteiger charge is 2.32. The summed E-state index contributed by atoms with van der Waals surface area (Å²) in [6, 6.07) is 13.1. The normalized spacial score (nSPS) is 13.7. The number of hydrazone groups is 2. The Hall–Kier alpha value is -3.62. The number of ether oxygens (including phenoxy) is 1. The van der Waals surface area contributed by atoms with Gasteiger partial charge in [-0.25, -0.2) is 5.01 Å². The third-order valence-electron chi connectivity index (χ3n) is 4.02. The van der Waals surface area contributed by atoms with Crippen LogP contribution in [-0.2, 0) is 0 Å². The maximum Gasteiger partial charge on any atom is 0.573 e. The fourth-order valence-electron chi connectivity index (χ4n) is 2.80. The van der Waals surface area contributed by atoms with E-state index in [-0.39, 0.29) is 5.75 Å². The zero-order valence-corrected chi connectivity index (χ0v) is 18.4. The van der Waals surface area contributed by atoms with Crippen molar-refractivity contribution in [1.29, 1.82) is 0 Å². The van der Waals surface area contributed by atoms with Crippen LogP contribution in [0.4, 0.5) is 18.9 Å². The molecule has 9 heteroatoms. The molecule has 1 aliphatic rings. The van der Waals surface area contributed by atoms with E-state index in [0.29, 0.717) is 23.2 Å². The molecule has 6 nitrogen and oxygen atoms in total. The Morgan fingerprint density at radius 2 is 1.88 bits per heavy atom. The number of nitrogens with zero attached hydrogens (tertiary/aromatic N) is 5. The van der Waals surface area contributed by atoms with Gasteiger partial charge in [-0.1, -0.05) is 50.3 Å². The van der Waals surface area contributed by atoms with Gasteiger partial charge in [0.2, 0.25) is 0 Å². The lowest BCUT2D eigenvalue weighted by Gasteiger charge is -2.20. The number of hydrogen-bond donors (Lipinski definition) is 0. The zero-order valence-electron chi connectivity index (χ0n) is 18.4. The Kier molecular flexibility index (Phi) is 9.00. The number of rotatable bonds is 6. The molecule has 32 heavy (non-hydrogen) atoms. The summed E-state index contributed by atoms with van der Waals surface area (Å²) in [6.45, 7) is 4.00. The van der Waals surface area contributed by atoms with Crippen molar-refractivity contribution in [1.82, 2.24) is 5.01 Å². The summed E-state index contributed by atoms with van der Waals surface area (Å²) >= 11 is 0. The molecule has 0 atom stereocenters. The second-order valence-corrected chi connectivity index (χ2v) is 6.31. The van der Waals surface area contributed by atoms with E-state index in [1.807, 2.05) is 26.0 Å². The van der Waals surface area contributed by atoms with E-state index in [0.717, 1.165) is 5.71 Å². The molecule has 0 radical (unpaired) electrons. The van der Waals surface area contributed by atoms with Gasteiger partial charge in [-0.3, -0.25) is 10.0 Å². The van der Waals surface area contributed by atoms with E-state index in [4.69, 9.17) is 0 Å². The number of hydrogen-bond acceptors (Lipinski definition) is 5. The van der Waals surface area contributed by atoms with Gasteiger partial charge in [0.15, 0.2) is 0 Å². The lowest BCUT2D eigenvalue weighted by Crippen LogP contribution is -2.18. The Bertz CT molecular complexity index is 999. The van der Waals surface area contributed by atoms with E-state index < -0.39 is 6.36 Å². The SMILES string of the molecule is CC.CN=CN(C)/N=C/C1=NN(c2cccc(-c3ccccc3OC(F)(F)F)c2)C=CC1. The third-order valence-corrected chi connectivity index (χ3v) is 4.02. The van der Waals surface area contributed by atoms with Crippen molar-refractivity contribution in [3.05, 3.63) is 60.8 Å². The molecule has 2 aromatic rings. The quantitative estimate of drug-likeness (QED) is 0.314. The first-order chi connectivity index (χ1) is 15.4. The van der Waals surface area contributed by atoms with Crippen LogP contribution in [-0.4, -0.2) is 43.7 Å². The van der Waals surface area contributed by atoms with Gasteiger partial charge in [0.05, 0.1) is 17.6 Å². The maximum absolute atomic E-state index is 12.7. The van der Waals surface area contributed by atoms with Crippen molar-refractivity contribution in [3.8, 4) is 16.9 Å². The summed E-state index contributed by atoms with van der Waals surface area (Å²) in [5.41, 5.74) is 2.33. The minimum Gasteiger partial charge on any atom is -0.405 e. The highest BCUT2D eigenvalue weighted by Crippen LogP contribution is 2.35. The molecule has 0 fully saturated rings. The van der Waals surface area contributed by atoms with Gasteiger partial charge in [-0.15, -0.1) is 13.2 Å². The Balaban J connectivity index is 0.00000176. The number of para-hydroxylation sites is 1. The molecule has 1 heterocycles. The van der Waals surface area contributed by atoms with Crippen LogP contribution in [0.2, 0.25) is 0 Å². The maximum atomic E-state index is 12.7. The smallest absolute Gasteiger partial charge is 0.405 e. The van der Waals surface area contributed by atoms with E-state index >= 15 is 0 Å². The number of benzene rings is 2. The minimum atomic E-state index is -4.77. The molecule has 0 aliphatic carbocycles. The molecule has 170 valence electrons. The molecule has 0 N–H and O–H groups in total. The Morgan fingerprint density at radius 1 is 1.12 bits per heavy atom. The molecule has 0 bridgehead atoms. The summed E-state index contributed by atoms with van der Waals surface area (Å²) in [5.74, 6) is -0.256. The standard InChI is InChI=1S/C21H20F3N5O.C2H6/c1-25-15-28(2)26-14-17-8-6-12-29(27-17)18-9-5-7-16(13-18)19-10-3-4-11-20(19)30-21(22,23)24;1-2/h3-7,9-15H,8H2,1-2H3;1-2H3/b25-15?,26-14+;. The van der Waals surface area contributed by atoms with Crippen LogP contribution in [0.25, 0.3) is 11.1 Å². The van der Waals surface area contributed by atoms with Gasteiger partial charge in [-0.2, -0.15) is 10.2 Å². The van der Waals surface area contributed by atoms with Gasteiger partial charge in [0.25, 0.3) is 0 Å². The summed E-state index contributed by atoms with van der Waals surface area (Å²) in [4.78, 5) is 3.87. The van der Waals surface area contributed by atoms with Crippen molar-refractivity contribution in [3.63, 3.8) is 0 Å². The highest BCUT2D eigenvalue weighted by atomic mass is 19.4. The topological polar surface area (TPSA) is 52.8 Å². The van der Waals surface area contributed by atoms with Crippen LogP contribution in [0, 0.1) is 0 Å². The first kappa shape index (κ1) is 24.6. The lowest BCUT2D eigenvalue weighted by atomic mass is 10.0. The molecule has 1 aliphatic heterocycles. The lowest BCUT2D eigenvalue weighted by molar-refractivity contribution is -0.274. The van der Waals surface area contributed by atoms with E-state index in [1.54, 1.807) is 73.2 Å². The molecule has 0 aromatic heterocycles. The third kappa shape index (κ3) is 7.26. The van der Waals surface area contributed by atoms with Gasteiger partial charge < -0.3 is 4.74 Å². The van der Waals surface area contributed by atoms with E-state index in [1.165, 1.54) is 12.1 Å². The van der Waals surface area contributed by atoms with Gasteiger partial charge >= 0.3 is 6.36 Å². The summed E-state index contributed by atoms with van der Waals surface area (Å²) < 4.78 is 42.4. The molecular formula is C23H26F3N5O. The molecule has 3 rings (SSSR count). The number of aliphatic imine (C=N–C) groups is 1. The van der Waals surface area contributed by atoms with Gasteiger partial charge in [0.1, 0.15) is 12.1 Å². The second-order valence-electron chi connectivity index (χ2n) is 6.31. The van der Waals surface area contributed by atoms with Crippen LogP contribution >= 0.6 is 0 Å². The Labute approximate surface area is 186 Å². The van der Waals surface area contributed by atoms with Crippen molar-refractivity contribution < 1.29 is 17.9 Å². The largest absolute Gasteiger partial charge is 0.573 e. The van der Waals surface area contributed by atoms with Crippen LogP contribution in [0.3, 0.4) is 0 Å². The minimum absolute atomic E-state index is 0.256. The van der Waals surface area contributed by atoms with Crippen LogP contribution in [0.5, 0.6) is 5.75 Å². The Morgan fingerprint density at radius 3 is 2.59 bits per heavy atom.